The summed E-state index contributed by atoms with van der Waals surface area (Å²) < 4.78 is 0. The smallest absolute Gasteiger partial charge is 0.0679 e. The average Bonchev–Trinajstić information content (AvgIpc) is 2.45. The van der Waals surface area contributed by atoms with E-state index in [1.165, 1.54) is 0 Å². The highest BCUT2D eigenvalue weighted by atomic mass is 16.3. The fraction of sp³-hybridized carbons (Fsp3) is 1.00. The van der Waals surface area contributed by atoms with Crippen molar-refractivity contribution in [2.24, 2.45) is 11.8 Å². The van der Waals surface area contributed by atoms with E-state index in [0.717, 1.165) is 38.5 Å². The van der Waals surface area contributed by atoms with Crippen LogP contribution in [0.5, 0.6) is 0 Å². The maximum atomic E-state index is 10.2. The highest BCUT2D eigenvalue weighted by Crippen LogP contribution is 2.48. The molecule has 0 heterocycles. The highest BCUT2D eigenvalue weighted by molar-refractivity contribution is 4.98. The van der Waals surface area contributed by atoms with Crippen LogP contribution in [-0.2, 0) is 0 Å². The van der Waals surface area contributed by atoms with E-state index in [1.54, 1.807) is 0 Å². The van der Waals surface area contributed by atoms with Gasteiger partial charge in [-0.3, -0.25) is 0 Å². The molecule has 0 aromatic carbocycles. The number of hydrogen-bond donors (Lipinski definition) is 2. The number of rotatable bonds is 1. The number of hydrogen-bond acceptors (Lipinski definition) is 2. The van der Waals surface area contributed by atoms with Crippen LogP contribution < -0.4 is 0 Å². The molecule has 2 aliphatic carbocycles. The molecule has 2 heteroatoms. The van der Waals surface area contributed by atoms with Gasteiger partial charge in [0.25, 0.3) is 0 Å². The lowest BCUT2D eigenvalue weighted by Gasteiger charge is -2.39. The van der Waals surface area contributed by atoms with Crippen molar-refractivity contribution in [1.29, 1.82) is 0 Å². The Balaban J connectivity index is 2.12. The minimum absolute atomic E-state index is 0.271. The Morgan fingerprint density at radius 2 is 1.83 bits per heavy atom. The number of fused-ring (bicyclic) bond motifs is 1. The fourth-order valence-electron chi connectivity index (χ4n) is 3.16. The van der Waals surface area contributed by atoms with E-state index >= 15 is 0 Å². The van der Waals surface area contributed by atoms with Gasteiger partial charge < -0.3 is 10.2 Å². The zero-order valence-electron chi connectivity index (χ0n) is 7.50. The Bertz CT molecular complexity index is 169. The molecule has 12 heavy (non-hydrogen) atoms. The molecule has 2 rings (SSSR count). The van der Waals surface area contributed by atoms with Gasteiger partial charge in [0.1, 0.15) is 0 Å². The summed E-state index contributed by atoms with van der Waals surface area (Å²) in [6, 6.07) is 0. The molecule has 0 bridgehead atoms. The molecule has 0 radical (unpaired) electrons. The van der Waals surface area contributed by atoms with Gasteiger partial charge in [-0.05, 0) is 37.5 Å². The predicted molar refractivity (Wildman–Crippen MR) is 46.7 cm³/mol. The molecule has 0 spiro atoms. The topological polar surface area (TPSA) is 40.5 Å². The third-order valence-electron chi connectivity index (χ3n) is 3.80. The molecule has 0 saturated heterocycles. The summed E-state index contributed by atoms with van der Waals surface area (Å²) >= 11 is 0. The summed E-state index contributed by atoms with van der Waals surface area (Å²) in [5.41, 5.74) is -0.397. The van der Waals surface area contributed by atoms with E-state index < -0.39 is 5.60 Å². The van der Waals surface area contributed by atoms with E-state index in [4.69, 9.17) is 5.11 Å². The van der Waals surface area contributed by atoms with Crippen LogP contribution >= 0.6 is 0 Å². The average molecular weight is 170 g/mol. The van der Waals surface area contributed by atoms with Crippen LogP contribution in [0.1, 0.15) is 38.5 Å². The Morgan fingerprint density at radius 1 is 1.17 bits per heavy atom. The van der Waals surface area contributed by atoms with Crippen molar-refractivity contribution in [3.63, 3.8) is 0 Å². The zero-order chi connectivity index (χ0) is 8.60. The van der Waals surface area contributed by atoms with Crippen LogP contribution in [0.25, 0.3) is 0 Å². The van der Waals surface area contributed by atoms with Gasteiger partial charge >= 0.3 is 0 Å². The van der Waals surface area contributed by atoms with Crippen molar-refractivity contribution in [3.8, 4) is 0 Å². The van der Waals surface area contributed by atoms with Crippen LogP contribution in [0.4, 0.5) is 0 Å². The van der Waals surface area contributed by atoms with E-state index in [1.807, 2.05) is 0 Å². The zero-order valence-corrected chi connectivity index (χ0v) is 7.50. The SMILES string of the molecule is OC[C@H]1CCC[C@@]2(O)CCC[C@H]12. The maximum Gasteiger partial charge on any atom is 0.0679 e. The van der Waals surface area contributed by atoms with Crippen molar-refractivity contribution >= 4 is 0 Å². The van der Waals surface area contributed by atoms with Crippen molar-refractivity contribution in [2.75, 3.05) is 6.61 Å². The van der Waals surface area contributed by atoms with Gasteiger partial charge in [-0.15, -0.1) is 0 Å². The lowest BCUT2D eigenvalue weighted by atomic mass is 9.71. The molecule has 70 valence electrons. The Hall–Kier alpha value is -0.0800. The molecule has 2 fully saturated rings. The van der Waals surface area contributed by atoms with Crippen LogP contribution in [0.2, 0.25) is 0 Å². The molecular weight excluding hydrogens is 152 g/mol. The van der Waals surface area contributed by atoms with Crippen LogP contribution in [0, 0.1) is 11.8 Å². The monoisotopic (exact) mass is 170 g/mol. The second kappa shape index (κ2) is 3.00. The standard InChI is InChI=1S/C10H18O2/c11-7-8-3-1-5-10(12)6-2-4-9(8)10/h8-9,11-12H,1-7H2/t8-,9-,10-/m1/s1. The fourth-order valence-corrected chi connectivity index (χ4v) is 3.16. The van der Waals surface area contributed by atoms with E-state index in [0.29, 0.717) is 11.8 Å². The Morgan fingerprint density at radius 3 is 2.50 bits per heavy atom. The van der Waals surface area contributed by atoms with E-state index in [9.17, 15) is 5.11 Å². The van der Waals surface area contributed by atoms with Crippen molar-refractivity contribution in [3.05, 3.63) is 0 Å². The summed E-state index contributed by atoms with van der Waals surface area (Å²) in [7, 11) is 0. The van der Waals surface area contributed by atoms with Crippen molar-refractivity contribution < 1.29 is 10.2 Å². The predicted octanol–water partition coefficient (Wildman–Crippen LogP) is 1.31. The van der Waals surface area contributed by atoms with Crippen LogP contribution in [-0.4, -0.2) is 22.4 Å². The first kappa shape index (κ1) is 8.52. The largest absolute Gasteiger partial charge is 0.396 e. The van der Waals surface area contributed by atoms with Gasteiger partial charge in [0.05, 0.1) is 5.60 Å². The quantitative estimate of drug-likeness (QED) is 0.623. The molecule has 0 amide bonds. The normalized spacial score (nSPS) is 47.5. The lowest BCUT2D eigenvalue weighted by molar-refractivity contribution is -0.0634. The molecule has 2 N–H and O–H groups in total. The van der Waals surface area contributed by atoms with Crippen LogP contribution in [0.15, 0.2) is 0 Å². The van der Waals surface area contributed by atoms with Gasteiger partial charge in [0, 0.05) is 6.61 Å². The second-order valence-corrected chi connectivity index (χ2v) is 4.44. The van der Waals surface area contributed by atoms with Gasteiger partial charge in [0.15, 0.2) is 0 Å². The summed E-state index contributed by atoms with van der Waals surface area (Å²) in [5, 5.41) is 19.3. The molecule has 0 aliphatic heterocycles. The highest BCUT2D eigenvalue weighted by Gasteiger charge is 2.46. The van der Waals surface area contributed by atoms with Crippen molar-refractivity contribution in [2.45, 2.75) is 44.1 Å². The summed E-state index contributed by atoms with van der Waals surface area (Å²) in [6.45, 7) is 0.271. The number of aliphatic hydroxyl groups is 2. The minimum atomic E-state index is -0.397. The first-order valence-corrected chi connectivity index (χ1v) is 5.09. The maximum absolute atomic E-state index is 10.2. The molecule has 0 unspecified atom stereocenters. The molecule has 0 aromatic rings. The first-order chi connectivity index (χ1) is 5.76. The van der Waals surface area contributed by atoms with Crippen LogP contribution in [0.3, 0.4) is 0 Å². The van der Waals surface area contributed by atoms with E-state index in [-0.39, 0.29) is 6.61 Å². The third kappa shape index (κ3) is 1.17. The molecule has 3 atom stereocenters. The summed E-state index contributed by atoms with van der Waals surface area (Å²) in [5.74, 6) is 0.780. The van der Waals surface area contributed by atoms with Gasteiger partial charge in [-0.2, -0.15) is 0 Å². The van der Waals surface area contributed by atoms with E-state index in [2.05, 4.69) is 0 Å². The van der Waals surface area contributed by atoms with Gasteiger partial charge in [0.2, 0.25) is 0 Å². The molecule has 0 aromatic heterocycles. The summed E-state index contributed by atoms with van der Waals surface area (Å²) in [4.78, 5) is 0. The molecule has 2 saturated carbocycles. The number of aliphatic hydroxyl groups excluding tert-OH is 1. The van der Waals surface area contributed by atoms with Gasteiger partial charge in [-0.25, -0.2) is 0 Å². The Kier molecular flexibility index (Phi) is 2.13. The molecule has 2 nitrogen and oxygen atoms in total. The molecule has 2 aliphatic rings. The second-order valence-electron chi connectivity index (χ2n) is 4.44. The Labute approximate surface area is 73.6 Å². The van der Waals surface area contributed by atoms with Gasteiger partial charge in [-0.1, -0.05) is 12.8 Å². The first-order valence-electron chi connectivity index (χ1n) is 5.09. The van der Waals surface area contributed by atoms with Crippen molar-refractivity contribution in [1.82, 2.24) is 0 Å². The molecular formula is C10H18O2. The minimum Gasteiger partial charge on any atom is -0.396 e. The third-order valence-corrected chi connectivity index (χ3v) is 3.80. The lowest BCUT2D eigenvalue weighted by Crippen LogP contribution is -2.42. The summed E-state index contributed by atoms with van der Waals surface area (Å²) in [6.07, 6.45) is 6.42.